The van der Waals surface area contributed by atoms with Gasteiger partial charge in [-0.3, -0.25) is 4.98 Å². The highest BCUT2D eigenvalue weighted by atomic mass is 19.1. The number of anilines is 1. The summed E-state index contributed by atoms with van der Waals surface area (Å²) in [5.74, 6) is 1.88. The lowest BCUT2D eigenvalue weighted by atomic mass is 9.72. The van der Waals surface area contributed by atoms with Gasteiger partial charge < -0.3 is 19.3 Å². The fourth-order valence-electron chi connectivity index (χ4n) is 6.18. The van der Waals surface area contributed by atoms with Crippen LogP contribution in [0.25, 0.3) is 11.1 Å². The van der Waals surface area contributed by atoms with Gasteiger partial charge in [-0.2, -0.15) is 0 Å². The molecule has 3 aliphatic heterocycles. The van der Waals surface area contributed by atoms with Gasteiger partial charge in [-0.1, -0.05) is 31.2 Å². The number of nitrogens with zero attached hydrogens (tertiary/aromatic N) is 3. The molecule has 36 heavy (non-hydrogen) atoms. The number of aryl methyl sites for hydroxylation is 1. The van der Waals surface area contributed by atoms with Crippen LogP contribution in [0.3, 0.4) is 0 Å². The maximum atomic E-state index is 14.3. The summed E-state index contributed by atoms with van der Waals surface area (Å²) in [5, 5.41) is 0. The molecule has 6 heteroatoms. The zero-order valence-corrected chi connectivity index (χ0v) is 21.0. The minimum absolute atomic E-state index is 0.269. The lowest BCUT2D eigenvalue weighted by Gasteiger charge is -2.61. The van der Waals surface area contributed by atoms with Crippen molar-refractivity contribution >= 4 is 5.69 Å². The van der Waals surface area contributed by atoms with Crippen LogP contribution in [0.4, 0.5) is 10.1 Å². The van der Waals surface area contributed by atoms with Crippen molar-refractivity contribution in [3.05, 3.63) is 72.3 Å². The van der Waals surface area contributed by atoms with Gasteiger partial charge in [-0.15, -0.1) is 0 Å². The molecule has 2 aromatic carbocycles. The molecule has 188 valence electrons. The van der Waals surface area contributed by atoms with Crippen LogP contribution in [0.15, 0.2) is 60.9 Å². The first kappa shape index (κ1) is 23.4. The number of likely N-dealkylation sites (tertiary alicyclic amines) is 1. The van der Waals surface area contributed by atoms with E-state index in [0.717, 1.165) is 55.5 Å². The van der Waals surface area contributed by atoms with E-state index in [0.29, 0.717) is 16.9 Å². The normalized spacial score (nSPS) is 19.7. The molecule has 1 aromatic heterocycles. The van der Waals surface area contributed by atoms with Crippen molar-refractivity contribution in [3.63, 3.8) is 0 Å². The zero-order chi connectivity index (χ0) is 24.5. The first-order chi connectivity index (χ1) is 17.6. The Balaban J connectivity index is 1.16. The van der Waals surface area contributed by atoms with Gasteiger partial charge in [0.05, 0.1) is 11.9 Å². The summed E-state index contributed by atoms with van der Waals surface area (Å²) in [5.41, 5.74) is 4.39. The summed E-state index contributed by atoms with van der Waals surface area (Å²) >= 11 is 0. The van der Waals surface area contributed by atoms with Crippen LogP contribution in [0.5, 0.6) is 11.5 Å². The Morgan fingerprint density at radius 3 is 2.61 bits per heavy atom. The van der Waals surface area contributed by atoms with E-state index >= 15 is 0 Å². The Bertz CT molecular complexity index is 1210. The summed E-state index contributed by atoms with van der Waals surface area (Å²) < 4.78 is 26.3. The minimum Gasteiger partial charge on any atom is -0.453 e. The monoisotopic (exact) mass is 487 g/mol. The quantitative estimate of drug-likeness (QED) is 0.422. The van der Waals surface area contributed by atoms with Gasteiger partial charge in [0, 0.05) is 63.1 Å². The number of rotatable bonds is 7. The van der Waals surface area contributed by atoms with Crippen LogP contribution in [-0.4, -0.2) is 55.8 Å². The first-order valence-electron chi connectivity index (χ1n) is 13.2. The maximum Gasteiger partial charge on any atom is 0.168 e. The van der Waals surface area contributed by atoms with Gasteiger partial charge in [0.1, 0.15) is 11.6 Å². The Hall–Kier alpha value is -2.96. The number of pyridine rings is 1. The van der Waals surface area contributed by atoms with Crippen molar-refractivity contribution in [2.45, 2.75) is 26.2 Å². The summed E-state index contributed by atoms with van der Waals surface area (Å²) in [6.45, 7) is 9.59. The van der Waals surface area contributed by atoms with Crippen LogP contribution in [-0.2, 0) is 11.2 Å². The molecule has 3 saturated heterocycles. The predicted molar refractivity (Wildman–Crippen MR) is 140 cm³/mol. The standard InChI is InChI=1S/C30H34FN3O2/c1-2-23-5-3-4-6-25(23)26-15-24(31)7-8-28(26)36-29-16-32-12-9-27(29)34-20-30(21-34)18-33(19-30)17-22-10-13-35-14-11-22/h3-9,12,15-16,22H,2,10-11,13-14,17-21H2,1H3. The van der Waals surface area contributed by atoms with E-state index in [9.17, 15) is 4.39 Å². The molecule has 0 atom stereocenters. The molecule has 0 saturated carbocycles. The number of benzene rings is 2. The van der Waals surface area contributed by atoms with Crippen molar-refractivity contribution < 1.29 is 13.9 Å². The molecule has 5 nitrogen and oxygen atoms in total. The number of ether oxygens (including phenoxy) is 2. The molecule has 0 radical (unpaired) electrons. The van der Waals surface area contributed by atoms with Crippen molar-refractivity contribution in [2.75, 3.05) is 50.8 Å². The third kappa shape index (κ3) is 4.60. The second-order valence-corrected chi connectivity index (χ2v) is 10.7. The second-order valence-electron chi connectivity index (χ2n) is 10.7. The smallest absolute Gasteiger partial charge is 0.168 e. The van der Waals surface area contributed by atoms with Gasteiger partial charge >= 0.3 is 0 Å². The average Bonchev–Trinajstić information content (AvgIpc) is 2.87. The summed E-state index contributed by atoms with van der Waals surface area (Å²) in [4.78, 5) is 9.35. The lowest BCUT2D eigenvalue weighted by molar-refractivity contribution is -0.0427. The Labute approximate surface area is 212 Å². The third-order valence-electron chi connectivity index (χ3n) is 7.98. The molecule has 3 fully saturated rings. The molecule has 0 bridgehead atoms. The average molecular weight is 488 g/mol. The Morgan fingerprint density at radius 1 is 1.00 bits per heavy atom. The molecule has 1 spiro atoms. The molecule has 0 N–H and O–H groups in total. The Kier molecular flexibility index (Phi) is 6.40. The van der Waals surface area contributed by atoms with Crippen LogP contribution < -0.4 is 9.64 Å². The van der Waals surface area contributed by atoms with Gasteiger partial charge in [0.25, 0.3) is 0 Å². The molecular weight excluding hydrogens is 453 g/mol. The Morgan fingerprint density at radius 2 is 1.81 bits per heavy atom. The van der Waals surface area contributed by atoms with Crippen molar-refractivity contribution in [3.8, 4) is 22.6 Å². The number of aromatic nitrogens is 1. The number of halogens is 1. The molecule has 3 aliphatic rings. The summed E-state index contributed by atoms with van der Waals surface area (Å²) in [6.07, 6.45) is 6.86. The second kappa shape index (κ2) is 9.83. The fraction of sp³-hybridized carbons (Fsp3) is 0.433. The van der Waals surface area contributed by atoms with Crippen molar-refractivity contribution in [2.24, 2.45) is 11.3 Å². The molecule has 0 aliphatic carbocycles. The van der Waals surface area contributed by atoms with E-state index in [1.54, 1.807) is 18.3 Å². The van der Waals surface area contributed by atoms with E-state index in [-0.39, 0.29) is 5.82 Å². The predicted octanol–water partition coefficient (Wildman–Crippen LogP) is 5.79. The topological polar surface area (TPSA) is 37.8 Å². The van der Waals surface area contributed by atoms with Crippen molar-refractivity contribution in [1.29, 1.82) is 0 Å². The van der Waals surface area contributed by atoms with Crippen LogP contribution in [0.1, 0.15) is 25.3 Å². The number of hydrogen-bond donors (Lipinski definition) is 0. The molecule has 0 amide bonds. The number of hydrogen-bond acceptors (Lipinski definition) is 5. The highest BCUT2D eigenvalue weighted by molar-refractivity contribution is 5.74. The minimum atomic E-state index is -0.269. The van der Waals surface area contributed by atoms with E-state index < -0.39 is 0 Å². The SMILES string of the molecule is CCc1ccccc1-c1cc(F)ccc1Oc1cnccc1N1CC2(CN(CC3CCOCC3)C2)C1. The van der Waals surface area contributed by atoms with Crippen LogP contribution in [0, 0.1) is 17.2 Å². The van der Waals surface area contributed by atoms with E-state index in [2.05, 4.69) is 27.8 Å². The highest BCUT2D eigenvalue weighted by Gasteiger charge is 2.52. The van der Waals surface area contributed by atoms with Gasteiger partial charge in [-0.05, 0) is 60.6 Å². The zero-order valence-electron chi connectivity index (χ0n) is 21.0. The molecule has 0 unspecified atom stereocenters. The van der Waals surface area contributed by atoms with E-state index in [1.165, 1.54) is 44.1 Å². The van der Waals surface area contributed by atoms with Gasteiger partial charge in [0.15, 0.2) is 5.75 Å². The van der Waals surface area contributed by atoms with E-state index in [4.69, 9.17) is 9.47 Å². The third-order valence-corrected chi connectivity index (χ3v) is 7.98. The van der Waals surface area contributed by atoms with Gasteiger partial charge in [0.2, 0.25) is 0 Å². The highest BCUT2D eigenvalue weighted by Crippen LogP contribution is 2.46. The van der Waals surface area contributed by atoms with E-state index in [1.807, 2.05) is 30.5 Å². The molecule has 4 heterocycles. The van der Waals surface area contributed by atoms with Gasteiger partial charge in [-0.25, -0.2) is 4.39 Å². The van der Waals surface area contributed by atoms with Crippen LogP contribution in [0.2, 0.25) is 0 Å². The van der Waals surface area contributed by atoms with Crippen LogP contribution >= 0.6 is 0 Å². The lowest BCUT2D eigenvalue weighted by Crippen LogP contribution is -2.72. The fourth-order valence-corrected chi connectivity index (χ4v) is 6.18. The maximum absolute atomic E-state index is 14.3. The molecule has 6 rings (SSSR count). The largest absolute Gasteiger partial charge is 0.453 e. The summed E-state index contributed by atoms with van der Waals surface area (Å²) in [7, 11) is 0. The van der Waals surface area contributed by atoms with Crippen molar-refractivity contribution in [1.82, 2.24) is 9.88 Å². The molecular formula is C30H34FN3O2. The first-order valence-corrected chi connectivity index (χ1v) is 13.2. The molecule has 3 aromatic rings. The summed E-state index contributed by atoms with van der Waals surface area (Å²) in [6, 6.07) is 14.9.